The topological polar surface area (TPSA) is 52.0 Å². The summed E-state index contributed by atoms with van der Waals surface area (Å²) in [5.74, 6) is 0. The molecule has 7 heteroatoms. The molecule has 0 saturated carbocycles. The number of nitrogens with zero attached hydrogens (tertiary/aromatic N) is 2. The number of pyridine rings is 1. The van der Waals surface area contributed by atoms with Crippen LogP contribution in [0.25, 0.3) is 21.9 Å². The third-order valence-electron chi connectivity index (χ3n) is 3.77. The lowest BCUT2D eigenvalue weighted by Gasteiger charge is -2.08. The number of benzene rings is 2. The lowest BCUT2D eigenvalue weighted by molar-refractivity contribution is 0.590. The molecule has 2 aromatic heterocycles. The molecule has 0 bridgehead atoms. The predicted molar refractivity (Wildman–Crippen MR) is 99.0 cm³/mol. The van der Waals surface area contributed by atoms with Gasteiger partial charge in [0.15, 0.2) is 5.65 Å². The number of rotatable bonds is 2. The predicted octanol–water partition coefficient (Wildman–Crippen LogP) is 4.84. The summed E-state index contributed by atoms with van der Waals surface area (Å²) >= 11 is 9.50. The van der Waals surface area contributed by atoms with Crippen LogP contribution in [0.1, 0.15) is 0 Å². The van der Waals surface area contributed by atoms with Crippen molar-refractivity contribution in [3.05, 3.63) is 70.3 Å². The molecule has 120 valence electrons. The summed E-state index contributed by atoms with van der Waals surface area (Å²) in [6, 6.07) is 15.5. The molecule has 4 nitrogen and oxygen atoms in total. The van der Waals surface area contributed by atoms with Crippen LogP contribution in [0.3, 0.4) is 0 Å². The van der Waals surface area contributed by atoms with E-state index in [0.29, 0.717) is 21.6 Å². The van der Waals surface area contributed by atoms with Gasteiger partial charge in [0.25, 0.3) is 10.0 Å². The van der Waals surface area contributed by atoms with Gasteiger partial charge < -0.3 is 0 Å². The van der Waals surface area contributed by atoms with E-state index in [4.69, 9.17) is 11.6 Å². The zero-order chi connectivity index (χ0) is 16.9. The van der Waals surface area contributed by atoms with Crippen LogP contribution >= 0.6 is 27.5 Å². The average Bonchev–Trinajstić information content (AvgIpc) is 2.89. The molecule has 0 radical (unpaired) electrons. The SMILES string of the molecule is O=S(=O)(c1ccccc1)n1c2ccc(Br)cc2c2cc(Cl)cnc21. The van der Waals surface area contributed by atoms with Crippen molar-refractivity contribution in [1.29, 1.82) is 0 Å². The van der Waals surface area contributed by atoms with E-state index >= 15 is 0 Å². The van der Waals surface area contributed by atoms with Crippen molar-refractivity contribution < 1.29 is 8.42 Å². The molecule has 0 unspecified atom stereocenters. The lowest BCUT2D eigenvalue weighted by atomic mass is 10.2. The summed E-state index contributed by atoms with van der Waals surface area (Å²) in [6.07, 6.45) is 1.45. The standard InChI is InChI=1S/C17H10BrClN2O2S/c18-11-6-7-16-14(8-11)15-9-12(19)10-20-17(15)21(16)24(22,23)13-4-2-1-3-5-13/h1-10H. The van der Waals surface area contributed by atoms with Gasteiger partial charge >= 0.3 is 0 Å². The summed E-state index contributed by atoms with van der Waals surface area (Å²) < 4.78 is 28.5. The Bertz CT molecular complexity index is 1130. The van der Waals surface area contributed by atoms with Crippen molar-refractivity contribution in [2.45, 2.75) is 4.90 Å². The zero-order valence-corrected chi connectivity index (χ0v) is 15.3. The average molecular weight is 422 g/mol. The van der Waals surface area contributed by atoms with E-state index in [2.05, 4.69) is 20.9 Å². The number of aromatic nitrogens is 2. The van der Waals surface area contributed by atoms with Crippen molar-refractivity contribution in [2.75, 3.05) is 0 Å². The van der Waals surface area contributed by atoms with Crippen LogP contribution in [0.5, 0.6) is 0 Å². The first-order chi connectivity index (χ1) is 11.5. The fraction of sp³-hybridized carbons (Fsp3) is 0. The van der Waals surface area contributed by atoms with Gasteiger partial charge in [0.05, 0.1) is 15.4 Å². The van der Waals surface area contributed by atoms with Gasteiger partial charge in [-0.25, -0.2) is 17.4 Å². The lowest BCUT2D eigenvalue weighted by Crippen LogP contribution is -2.13. The highest BCUT2D eigenvalue weighted by molar-refractivity contribution is 9.10. The van der Waals surface area contributed by atoms with Crippen LogP contribution < -0.4 is 0 Å². The van der Waals surface area contributed by atoms with Crippen LogP contribution in [-0.2, 0) is 10.0 Å². The van der Waals surface area contributed by atoms with Crippen LogP contribution in [0.2, 0.25) is 5.02 Å². The Balaban J connectivity index is 2.19. The summed E-state index contributed by atoms with van der Waals surface area (Å²) in [5.41, 5.74) is 0.920. The summed E-state index contributed by atoms with van der Waals surface area (Å²) in [5, 5.41) is 1.92. The molecule has 0 fully saturated rings. The van der Waals surface area contributed by atoms with Crippen LogP contribution in [0, 0.1) is 0 Å². The van der Waals surface area contributed by atoms with Gasteiger partial charge in [-0.15, -0.1) is 0 Å². The smallest absolute Gasteiger partial charge is 0.236 e. The van der Waals surface area contributed by atoms with Gasteiger partial charge in [-0.1, -0.05) is 45.7 Å². The van der Waals surface area contributed by atoms with Crippen molar-refractivity contribution in [3.63, 3.8) is 0 Å². The zero-order valence-electron chi connectivity index (χ0n) is 12.1. The second kappa shape index (κ2) is 5.58. The molecule has 24 heavy (non-hydrogen) atoms. The molecule has 0 N–H and O–H groups in total. The molecule has 4 aromatic rings. The van der Waals surface area contributed by atoms with E-state index < -0.39 is 10.0 Å². The van der Waals surface area contributed by atoms with E-state index in [1.54, 1.807) is 48.5 Å². The third-order valence-corrected chi connectivity index (χ3v) is 6.19. The van der Waals surface area contributed by atoms with E-state index in [-0.39, 0.29) is 4.90 Å². The summed E-state index contributed by atoms with van der Waals surface area (Å²) in [4.78, 5) is 4.49. The molecule has 0 saturated heterocycles. The number of fused-ring (bicyclic) bond motifs is 3. The minimum absolute atomic E-state index is 0.212. The van der Waals surface area contributed by atoms with E-state index in [1.165, 1.54) is 10.2 Å². The molecule has 0 amide bonds. The Kier molecular flexibility index (Phi) is 3.63. The maximum atomic E-state index is 13.2. The molecule has 0 aliphatic rings. The Morgan fingerprint density at radius 3 is 2.50 bits per heavy atom. The highest BCUT2D eigenvalue weighted by Gasteiger charge is 2.24. The highest BCUT2D eigenvalue weighted by Crippen LogP contribution is 2.34. The fourth-order valence-electron chi connectivity index (χ4n) is 2.75. The van der Waals surface area contributed by atoms with Gasteiger partial charge in [0.2, 0.25) is 0 Å². The molecule has 0 aliphatic carbocycles. The minimum atomic E-state index is -3.78. The van der Waals surface area contributed by atoms with Crippen LogP contribution in [-0.4, -0.2) is 17.4 Å². The first-order valence-corrected chi connectivity index (χ1v) is 9.65. The quantitative estimate of drug-likeness (QED) is 0.465. The number of halogens is 2. The molecule has 2 aromatic carbocycles. The second-order valence-electron chi connectivity index (χ2n) is 5.27. The van der Waals surface area contributed by atoms with Gasteiger partial charge in [0, 0.05) is 21.4 Å². The summed E-state index contributed by atoms with van der Waals surface area (Å²) in [7, 11) is -3.78. The Morgan fingerprint density at radius 1 is 1.00 bits per heavy atom. The molecule has 0 atom stereocenters. The second-order valence-corrected chi connectivity index (χ2v) is 8.41. The number of hydrogen-bond donors (Lipinski definition) is 0. The largest absolute Gasteiger partial charge is 0.269 e. The monoisotopic (exact) mass is 420 g/mol. The normalized spacial score (nSPS) is 12.1. The van der Waals surface area contributed by atoms with Gasteiger partial charge in [-0.3, -0.25) is 0 Å². The van der Waals surface area contributed by atoms with E-state index in [9.17, 15) is 8.42 Å². The van der Waals surface area contributed by atoms with Crippen molar-refractivity contribution in [3.8, 4) is 0 Å². The highest BCUT2D eigenvalue weighted by atomic mass is 79.9. The first kappa shape index (κ1) is 15.6. The van der Waals surface area contributed by atoms with Gasteiger partial charge in [-0.2, -0.15) is 0 Å². The maximum Gasteiger partial charge on any atom is 0.269 e. The Labute approximate surface area is 151 Å². The van der Waals surface area contributed by atoms with Crippen molar-refractivity contribution in [1.82, 2.24) is 8.96 Å². The fourth-order valence-corrected chi connectivity index (χ4v) is 4.77. The van der Waals surface area contributed by atoms with Gasteiger partial charge in [-0.05, 0) is 36.4 Å². The Hall–Kier alpha value is -1.89. The first-order valence-electron chi connectivity index (χ1n) is 7.04. The van der Waals surface area contributed by atoms with E-state index in [0.717, 1.165) is 9.86 Å². The summed E-state index contributed by atoms with van der Waals surface area (Å²) in [6.45, 7) is 0. The minimum Gasteiger partial charge on any atom is -0.236 e. The third kappa shape index (κ3) is 2.33. The van der Waals surface area contributed by atoms with Crippen LogP contribution in [0.15, 0.2) is 70.2 Å². The molecular formula is C17H10BrClN2O2S. The maximum absolute atomic E-state index is 13.2. The van der Waals surface area contributed by atoms with Crippen molar-refractivity contribution >= 4 is 59.5 Å². The Morgan fingerprint density at radius 2 is 1.75 bits per heavy atom. The van der Waals surface area contributed by atoms with E-state index in [1.807, 2.05) is 6.07 Å². The molecular weight excluding hydrogens is 412 g/mol. The molecule has 0 aliphatic heterocycles. The van der Waals surface area contributed by atoms with Gasteiger partial charge in [0.1, 0.15) is 0 Å². The molecule has 4 rings (SSSR count). The van der Waals surface area contributed by atoms with Crippen LogP contribution in [0.4, 0.5) is 0 Å². The molecule has 0 spiro atoms. The number of hydrogen-bond acceptors (Lipinski definition) is 3. The van der Waals surface area contributed by atoms with Crippen molar-refractivity contribution in [2.24, 2.45) is 0 Å². The molecule has 2 heterocycles.